The van der Waals surface area contributed by atoms with Gasteiger partial charge in [0.2, 0.25) is 0 Å². The van der Waals surface area contributed by atoms with Gasteiger partial charge in [-0.15, -0.1) is 11.3 Å². The third kappa shape index (κ3) is 2.91. The van der Waals surface area contributed by atoms with Crippen LogP contribution in [0.1, 0.15) is 33.2 Å². The molecule has 0 bridgehead atoms. The molecule has 1 heterocycles. The van der Waals surface area contributed by atoms with Crippen molar-refractivity contribution in [3.05, 3.63) is 54.9 Å². The van der Waals surface area contributed by atoms with Crippen LogP contribution in [0.4, 0.5) is 4.39 Å². The van der Waals surface area contributed by atoms with Gasteiger partial charge in [0.15, 0.2) is 0 Å². The molecule has 19 heavy (non-hydrogen) atoms. The maximum Gasteiger partial charge on any atom is 0.123 e. The first-order valence-electron chi connectivity index (χ1n) is 6.13. The van der Waals surface area contributed by atoms with Crippen LogP contribution in [0.3, 0.4) is 0 Å². The number of thiophene rings is 1. The van der Waals surface area contributed by atoms with Gasteiger partial charge in [-0.25, -0.2) is 4.39 Å². The SMILES string of the molecule is CNC(c1cc(C)c(Br)s1)c1c(C)cc(F)cc1C. The van der Waals surface area contributed by atoms with Crippen LogP contribution in [-0.4, -0.2) is 7.05 Å². The molecule has 0 spiro atoms. The lowest BCUT2D eigenvalue weighted by Gasteiger charge is -2.20. The van der Waals surface area contributed by atoms with Gasteiger partial charge in [0.25, 0.3) is 0 Å². The van der Waals surface area contributed by atoms with E-state index in [-0.39, 0.29) is 11.9 Å². The molecule has 0 radical (unpaired) electrons. The van der Waals surface area contributed by atoms with Crippen LogP contribution in [0.15, 0.2) is 22.0 Å². The molecule has 0 saturated carbocycles. The smallest absolute Gasteiger partial charge is 0.123 e. The number of hydrogen-bond donors (Lipinski definition) is 1. The fourth-order valence-electron chi connectivity index (χ4n) is 2.43. The molecule has 2 aromatic rings. The van der Waals surface area contributed by atoms with Gasteiger partial charge in [-0.2, -0.15) is 0 Å². The van der Waals surface area contributed by atoms with E-state index < -0.39 is 0 Å². The van der Waals surface area contributed by atoms with E-state index >= 15 is 0 Å². The van der Waals surface area contributed by atoms with Crippen molar-refractivity contribution in [2.45, 2.75) is 26.8 Å². The van der Waals surface area contributed by atoms with Crippen molar-refractivity contribution in [2.24, 2.45) is 0 Å². The molecule has 0 aliphatic carbocycles. The molecule has 0 saturated heterocycles. The summed E-state index contributed by atoms with van der Waals surface area (Å²) < 4.78 is 14.6. The number of benzene rings is 1. The first-order chi connectivity index (χ1) is 8.93. The van der Waals surface area contributed by atoms with Crippen LogP contribution in [0, 0.1) is 26.6 Å². The maximum atomic E-state index is 13.4. The summed E-state index contributed by atoms with van der Waals surface area (Å²) in [5.41, 5.74) is 4.37. The predicted molar refractivity (Wildman–Crippen MR) is 83.5 cm³/mol. The van der Waals surface area contributed by atoms with Crippen molar-refractivity contribution in [1.82, 2.24) is 5.32 Å². The van der Waals surface area contributed by atoms with Gasteiger partial charge in [0.05, 0.1) is 9.83 Å². The summed E-state index contributed by atoms with van der Waals surface area (Å²) in [6.45, 7) is 6.01. The molecule has 1 aromatic carbocycles. The largest absolute Gasteiger partial charge is 0.309 e. The van der Waals surface area contributed by atoms with Gasteiger partial charge < -0.3 is 5.32 Å². The Morgan fingerprint density at radius 1 is 1.11 bits per heavy atom. The van der Waals surface area contributed by atoms with Crippen molar-refractivity contribution in [3.63, 3.8) is 0 Å². The molecule has 0 aliphatic rings. The molecule has 0 amide bonds. The Morgan fingerprint density at radius 2 is 1.68 bits per heavy atom. The number of nitrogens with one attached hydrogen (secondary N) is 1. The average molecular weight is 342 g/mol. The summed E-state index contributed by atoms with van der Waals surface area (Å²) in [6, 6.07) is 5.48. The average Bonchev–Trinajstić information content (AvgIpc) is 2.63. The Kier molecular flexibility index (Phi) is 4.43. The summed E-state index contributed by atoms with van der Waals surface area (Å²) in [4.78, 5) is 1.24. The van der Waals surface area contributed by atoms with Crippen LogP contribution in [0.5, 0.6) is 0 Å². The predicted octanol–water partition coefficient (Wildman–Crippen LogP) is 4.88. The highest BCUT2D eigenvalue weighted by molar-refractivity contribution is 9.11. The number of halogens is 2. The molecule has 1 nitrogen and oxygen atoms in total. The standard InChI is InChI=1S/C15H17BrFNS/c1-8-5-11(17)6-9(2)13(8)14(18-4)12-7-10(3)15(16)19-12/h5-7,14,18H,1-4H3. The highest BCUT2D eigenvalue weighted by atomic mass is 79.9. The Bertz CT molecular complexity index is 564. The fourth-order valence-corrected chi connectivity index (χ4v) is 4.12. The van der Waals surface area contributed by atoms with Gasteiger partial charge >= 0.3 is 0 Å². The Morgan fingerprint density at radius 3 is 2.11 bits per heavy atom. The highest BCUT2D eigenvalue weighted by Crippen LogP contribution is 2.36. The lowest BCUT2D eigenvalue weighted by Crippen LogP contribution is -2.19. The van der Waals surface area contributed by atoms with Crippen molar-refractivity contribution in [1.29, 1.82) is 0 Å². The molecule has 102 valence electrons. The van der Waals surface area contributed by atoms with E-state index in [1.165, 1.54) is 10.4 Å². The quantitative estimate of drug-likeness (QED) is 0.838. The highest BCUT2D eigenvalue weighted by Gasteiger charge is 2.20. The molecule has 0 aliphatic heterocycles. The monoisotopic (exact) mass is 341 g/mol. The second-order valence-electron chi connectivity index (χ2n) is 4.78. The minimum atomic E-state index is -0.169. The summed E-state index contributed by atoms with van der Waals surface area (Å²) in [5.74, 6) is -0.169. The van der Waals surface area contributed by atoms with E-state index in [1.54, 1.807) is 23.5 Å². The summed E-state index contributed by atoms with van der Waals surface area (Å²) in [7, 11) is 1.94. The first-order valence-corrected chi connectivity index (χ1v) is 7.74. The molecule has 0 fully saturated rings. The summed E-state index contributed by atoms with van der Waals surface area (Å²) in [5, 5.41) is 3.34. The molecule has 1 atom stereocenters. The Hall–Kier alpha value is -0.710. The van der Waals surface area contributed by atoms with Crippen molar-refractivity contribution >= 4 is 27.3 Å². The molecule has 2 rings (SSSR count). The Balaban J connectivity index is 2.54. The van der Waals surface area contributed by atoms with E-state index in [9.17, 15) is 4.39 Å². The Labute approximate surface area is 126 Å². The lowest BCUT2D eigenvalue weighted by molar-refractivity contribution is 0.619. The first kappa shape index (κ1) is 14.7. The third-order valence-electron chi connectivity index (χ3n) is 3.30. The number of aryl methyl sites for hydroxylation is 3. The van der Waals surface area contributed by atoms with Crippen LogP contribution in [0.2, 0.25) is 0 Å². The van der Waals surface area contributed by atoms with E-state index in [2.05, 4.69) is 34.2 Å². The second-order valence-corrected chi connectivity index (χ2v) is 7.18. The molecule has 1 aromatic heterocycles. The van der Waals surface area contributed by atoms with E-state index in [0.29, 0.717) is 0 Å². The van der Waals surface area contributed by atoms with Crippen molar-refractivity contribution in [3.8, 4) is 0 Å². The molecular formula is C15H17BrFNS. The molecule has 4 heteroatoms. The normalized spacial score (nSPS) is 12.7. The summed E-state index contributed by atoms with van der Waals surface area (Å²) >= 11 is 5.29. The van der Waals surface area contributed by atoms with Crippen LogP contribution in [-0.2, 0) is 0 Å². The summed E-state index contributed by atoms with van der Waals surface area (Å²) in [6.07, 6.45) is 0. The second kappa shape index (κ2) is 5.73. The van der Waals surface area contributed by atoms with Crippen LogP contribution in [0.25, 0.3) is 0 Å². The minimum Gasteiger partial charge on any atom is -0.309 e. The molecule has 1 unspecified atom stereocenters. The molecular weight excluding hydrogens is 325 g/mol. The zero-order valence-corrected chi connectivity index (χ0v) is 13.9. The van der Waals surface area contributed by atoms with Crippen LogP contribution >= 0.6 is 27.3 Å². The van der Waals surface area contributed by atoms with E-state index in [4.69, 9.17) is 0 Å². The topological polar surface area (TPSA) is 12.0 Å². The molecule has 1 N–H and O–H groups in total. The zero-order chi connectivity index (χ0) is 14.2. The lowest BCUT2D eigenvalue weighted by atomic mass is 9.95. The minimum absolute atomic E-state index is 0.107. The number of rotatable bonds is 3. The van der Waals surface area contributed by atoms with Gasteiger partial charge in [-0.1, -0.05) is 0 Å². The van der Waals surface area contributed by atoms with Crippen molar-refractivity contribution < 1.29 is 4.39 Å². The fraction of sp³-hybridized carbons (Fsp3) is 0.333. The van der Waals surface area contributed by atoms with E-state index in [0.717, 1.165) is 20.5 Å². The van der Waals surface area contributed by atoms with Crippen LogP contribution < -0.4 is 5.32 Å². The zero-order valence-electron chi connectivity index (χ0n) is 11.5. The van der Waals surface area contributed by atoms with Gasteiger partial charge in [0.1, 0.15) is 5.82 Å². The van der Waals surface area contributed by atoms with Gasteiger partial charge in [0, 0.05) is 4.88 Å². The van der Waals surface area contributed by atoms with Gasteiger partial charge in [-0.05, 0) is 84.2 Å². The van der Waals surface area contributed by atoms with E-state index in [1.807, 2.05) is 20.9 Å². The maximum absolute atomic E-state index is 13.4. The third-order valence-corrected chi connectivity index (χ3v) is 5.50. The number of hydrogen-bond acceptors (Lipinski definition) is 2. The van der Waals surface area contributed by atoms with Crippen molar-refractivity contribution in [2.75, 3.05) is 7.05 Å². The van der Waals surface area contributed by atoms with Gasteiger partial charge in [-0.3, -0.25) is 0 Å².